The zero-order chi connectivity index (χ0) is 15.6. The smallest absolute Gasteiger partial charge is 0.186 e. The monoisotopic (exact) mass is 312 g/mol. The summed E-state index contributed by atoms with van der Waals surface area (Å²) in [5.41, 5.74) is 0.970. The third kappa shape index (κ3) is 8.95. The zero-order valence-electron chi connectivity index (χ0n) is 13.3. The molecule has 0 spiro atoms. The van der Waals surface area contributed by atoms with Gasteiger partial charge in [0.2, 0.25) is 0 Å². The van der Waals surface area contributed by atoms with Gasteiger partial charge in [-0.05, 0) is 37.7 Å². The van der Waals surface area contributed by atoms with Crippen molar-refractivity contribution >= 4 is 8.32 Å². The Morgan fingerprint density at radius 1 is 1.38 bits per heavy atom. The maximum absolute atomic E-state index is 9.81. The quantitative estimate of drug-likeness (QED) is 0.482. The third-order valence-corrected chi connectivity index (χ3v) is 6.01. The number of pyridine rings is 1. The van der Waals surface area contributed by atoms with E-state index in [0.29, 0.717) is 26.3 Å². The van der Waals surface area contributed by atoms with E-state index < -0.39 is 14.4 Å². The minimum atomic E-state index is -1.47. The molecule has 2 N–H and O–H groups in total. The Bertz CT molecular complexity index is 376. The summed E-state index contributed by atoms with van der Waals surface area (Å²) in [4.78, 5) is 4.21. The van der Waals surface area contributed by atoms with Crippen LogP contribution >= 0.6 is 0 Å². The summed E-state index contributed by atoms with van der Waals surface area (Å²) >= 11 is 0. The molecule has 1 rings (SSSR count). The number of nitrogens with zero attached hydrogens (tertiary/aromatic N) is 1. The van der Waals surface area contributed by atoms with Gasteiger partial charge in [-0.1, -0.05) is 6.07 Å². The van der Waals surface area contributed by atoms with Gasteiger partial charge in [0.05, 0.1) is 18.4 Å². The third-order valence-electron chi connectivity index (χ3n) is 3.34. The molecule has 5 nitrogen and oxygen atoms in total. The van der Waals surface area contributed by atoms with E-state index in [-0.39, 0.29) is 0 Å². The molecule has 0 saturated carbocycles. The molecule has 0 aromatic carbocycles. The number of nitrogens with one attached hydrogen (secondary N) is 1. The molecule has 0 aliphatic rings. The van der Waals surface area contributed by atoms with Gasteiger partial charge >= 0.3 is 0 Å². The van der Waals surface area contributed by atoms with Crippen molar-refractivity contribution in [2.24, 2.45) is 0 Å². The van der Waals surface area contributed by atoms with Crippen LogP contribution in [-0.4, -0.2) is 51.4 Å². The lowest BCUT2D eigenvalue weighted by atomic mass is 10.3. The Hall–Kier alpha value is -0.793. The van der Waals surface area contributed by atoms with Gasteiger partial charge in [-0.3, -0.25) is 4.98 Å². The molecule has 0 fully saturated rings. The first-order chi connectivity index (χ1) is 10.0. The number of rotatable bonds is 11. The van der Waals surface area contributed by atoms with Gasteiger partial charge in [0.15, 0.2) is 8.32 Å². The van der Waals surface area contributed by atoms with E-state index in [9.17, 15) is 5.11 Å². The molecule has 1 aromatic heterocycles. The number of hydrogen-bond donors (Lipinski definition) is 2. The normalized spacial score (nSPS) is 13.3. The van der Waals surface area contributed by atoms with Crippen LogP contribution in [0.5, 0.6) is 0 Å². The highest BCUT2D eigenvalue weighted by atomic mass is 28.4. The average molecular weight is 312 g/mol. The molecule has 6 heteroatoms. The molecule has 1 unspecified atom stereocenters. The van der Waals surface area contributed by atoms with Crippen LogP contribution in [0.1, 0.15) is 12.1 Å². The molecule has 120 valence electrons. The summed E-state index contributed by atoms with van der Waals surface area (Å²) in [7, 11) is 0.307. The van der Waals surface area contributed by atoms with Crippen molar-refractivity contribution in [1.82, 2.24) is 10.3 Å². The van der Waals surface area contributed by atoms with Crippen molar-refractivity contribution in [3.05, 3.63) is 30.1 Å². The highest BCUT2D eigenvalue weighted by Crippen LogP contribution is 2.12. The van der Waals surface area contributed by atoms with E-state index in [1.165, 1.54) is 0 Å². The summed E-state index contributed by atoms with van der Waals surface area (Å²) < 4.78 is 11.0. The fourth-order valence-electron chi connectivity index (χ4n) is 1.85. The van der Waals surface area contributed by atoms with Gasteiger partial charge in [0.25, 0.3) is 0 Å². The Balaban J connectivity index is 2.00. The molecular formula is C15H28N2O3Si. The van der Waals surface area contributed by atoms with Crippen molar-refractivity contribution in [2.75, 3.05) is 26.9 Å². The number of aliphatic hydroxyl groups excluding tert-OH is 1. The number of hydrogen-bond acceptors (Lipinski definition) is 5. The highest BCUT2D eigenvalue weighted by Gasteiger charge is 2.19. The van der Waals surface area contributed by atoms with Crippen molar-refractivity contribution in [3.63, 3.8) is 0 Å². The number of aromatic nitrogens is 1. The zero-order valence-corrected chi connectivity index (χ0v) is 14.3. The summed E-state index contributed by atoms with van der Waals surface area (Å²) in [6.45, 7) is 6.61. The summed E-state index contributed by atoms with van der Waals surface area (Å²) in [6.07, 6.45) is 2.27. The minimum Gasteiger partial charge on any atom is -0.420 e. The average Bonchev–Trinajstić information content (AvgIpc) is 2.48. The molecule has 0 aliphatic carbocycles. The molecule has 0 aliphatic heterocycles. The predicted molar refractivity (Wildman–Crippen MR) is 86.7 cm³/mol. The minimum absolute atomic E-state index is 0.365. The second kappa shape index (κ2) is 10.0. The Labute approximate surface area is 128 Å². The summed E-state index contributed by atoms with van der Waals surface area (Å²) in [5.74, 6) is 0. The topological polar surface area (TPSA) is 63.6 Å². The fraction of sp³-hybridized carbons (Fsp3) is 0.667. The fourth-order valence-corrected chi connectivity index (χ4v) is 3.05. The molecule has 1 heterocycles. The second-order valence-electron chi connectivity index (χ2n) is 5.75. The largest absolute Gasteiger partial charge is 0.420 e. The van der Waals surface area contributed by atoms with Crippen LogP contribution < -0.4 is 5.32 Å². The van der Waals surface area contributed by atoms with E-state index in [1.807, 2.05) is 18.2 Å². The number of aliphatic hydroxyl groups is 1. The van der Waals surface area contributed by atoms with Crippen LogP contribution in [0.4, 0.5) is 0 Å². The molecule has 1 aromatic rings. The van der Waals surface area contributed by atoms with E-state index in [2.05, 4.69) is 23.4 Å². The Morgan fingerprint density at radius 2 is 2.19 bits per heavy atom. The lowest BCUT2D eigenvalue weighted by molar-refractivity contribution is 0.0369. The molecule has 0 amide bonds. The van der Waals surface area contributed by atoms with Crippen LogP contribution in [-0.2, 0) is 15.7 Å². The van der Waals surface area contributed by atoms with E-state index >= 15 is 0 Å². The van der Waals surface area contributed by atoms with Crippen LogP contribution in [0.25, 0.3) is 0 Å². The van der Waals surface area contributed by atoms with E-state index in [1.54, 1.807) is 13.3 Å². The van der Waals surface area contributed by atoms with Crippen molar-refractivity contribution in [3.8, 4) is 0 Å². The van der Waals surface area contributed by atoms with Crippen LogP contribution in [0.15, 0.2) is 24.4 Å². The summed E-state index contributed by atoms with van der Waals surface area (Å²) in [6, 6.07) is 6.88. The van der Waals surface area contributed by atoms with Gasteiger partial charge in [0, 0.05) is 33.0 Å². The molecule has 21 heavy (non-hydrogen) atoms. The summed E-state index contributed by atoms with van der Waals surface area (Å²) in [5, 5.41) is 13.0. The van der Waals surface area contributed by atoms with Crippen molar-refractivity contribution in [1.29, 1.82) is 0 Å². The van der Waals surface area contributed by atoms with Gasteiger partial charge in [-0.2, -0.15) is 0 Å². The SMILES string of the molecule is CO[Si](C)(C)CCCOCC(O)CNCc1ccccn1. The second-order valence-corrected chi connectivity index (χ2v) is 10.2. The first-order valence-corrected chi connectivity index (χ1v) is 10.6. The highest BCUT2D eigenvalue weighted by molar-refractivity contribution is 6.71. The number of ether oxygens (including phenoxy) is 1. The van der Waals surface area contributed by atoms with Crippen LogP contribution in [0.3, 0.4) is 0 Å². The first-order valence-electron chi connectivity index (χ1n) is 7.45. The maximum atomic E-state index is 9.81. The van der Waals surface area contributed by atoms with Gasteiger partial charge in [0.1, 0.15) is 0 Å². The molecule has 0 radical (unpaired) electrons. The Morgan fingerprint density at radius 3 is 2.86 bits per heavy atom. The molecular weight excluding hydrogens is 284 g/mol. The Kier molecular flexibility index (Phi) is 8.71. The maximum Gasteiger partial charge on any atom is 0.186 e. The van der Waals surface area contributed by atoms with E-state index in [4.69, 9.17) is 9.16 Å². The first kappa shape index (κ1) is 18.3. The van der Waals surface area contributed by atoms with E-state index in [0.717, 1.165) is 18.2 Å². The lowest BCUT2D eigenvalue weighted by Gasteiger charge is -2.19. The lowest BCUT2D eigenvalue weighted by Crippen LogP contribution is -2.31. The molecule has 0 bridgehead atoms. The van der Waals surface area contributed by atoms with Crippen molar-refractivity contribution < 1.29 is 14.3 Å². The standard InChI is InChI=1S/C15H28N2O3Si/c1-19-21(2,3)10-6-9-20-13-15(18)12-16-11-14-7-4-5-8-17-14/h4-5,7-8,15-16,18H,6,9-13H2,1-3H3. The molecule has 0 saturated heterocycles. The van der Waals surface area contributed by atoms with Gasteiger partial charge in [-0.25, -0.2) is 0 Å². The predicted octanol–water partition coefficient (Wildman–Crippen LogP) is 1.79. The molecule has 1 atom stereocenters. The van der Waals surface area contributed by atoms with Crippen LogP contribution in [0, 0.1) is 0 Å². The van der Waals surface area contributed by atoms with Crippen LogP contribution in [0.2, 0.25) is 19.1 Å². The van der Waals surface area contributed by atoms with Gasteiger partial charge < -0.3 is 19.6 Å². The van der Waals surface area contributed by atoms with Gasteiger partial charge in [-0.15, -0.1) is 0 Å². The van der Waals surface area contributed by atoms with Crippen molar-refractivity contribution in [2.45, 2.75) is 38.2 Å².